The molecule has 3 aliphatic heterocycles. The summed E-state index contributed by atoms with van der Waals surface area (Å²) in [7, 11) is 0. The van der Waals surface area contributed by atoms with Gasteiger partial charge in [0.2, 0.25) is 53.2 Å². The predicted molar refractivity (Wildman–Crippen MR) is 187 cm³/mol. The van der Waals surface area contributed by atoms with E-state index < -0.39 is 51.7 Å². The number of rotatable bonds is 14. The van der Waals surface area contributed by atoms with Crippen molar-refractivity contribution in [3.8, 4) is 0 Å². The third kappa shape index (κ3) is 8.22. The molecule has 3 saturated heterocycles. The van der Waals surface area contributed by atoms with Crippen molar-refractivity contribution < 1.29 is 43.2 Å². The summed E-state index contributed by atoms with van der Waals surface area (Å²) in [4.78, 5) is 121. The van der Waals surface area contributed by atoms with Crippen LogP contribution in [0.2, 0.25) is 0 Å². The Morgan fingerprint density at radius 1 is 0.558 bits per heavy atom. The molecule has 0 aromatic heterocycles. The Hall–Kier alpha value is -4.17. The van der Waals surface area contributed by atoms with Crippen LogP contribution in [0.25, 0.3) is 0 Å². The molecule has 15 nitrogen and oxygen atoms in total. The second-order valence-electron chi connectivity index (χ2n) is 16.8. The number of carbonyl (C=O) groups excluding carboxylic acids is 9. The lowest BCUT2D eigenvalue weighted by Gasteiger charge is -2.50. The molecule has 3 heterocycles. The lowest BCUT2D eigenvalue weighted by molar-refractivity contribution is -0.155. The summed E-state index contributed by atoms with van der Waals surface area (Å²) in [6, 6.07) is 0. The first-order valence-electron chi connectivity index (χ1n) is 18.5. The fourth-order valence-corrected chi connectivity index (χ4v) is 8.75. The fourth-order valence-electron chi connectivity index (χ4n) is 8.75. The van der Waals surface area contributed by atoms with Crippen LogP contribution in [-0.4, -0.2) is 107 Å². The molecular weight excluding hydrogens is 672 g/mol. The smallest absolute Gasteiger partial charge is 0.233 e. The molecule has 4 fully saturated rings. The topological polar surface area (TPSA) is 199 Å². The monoisotopic (exact) mass is 728 g/mol. The fraction of sp³-hybridized carbons (Fsp3) is 0.757. The van der Waals surface area contributed by atoms with Gasteiger partial charge in [-0.25, -0.2) is 0 Å². The lowest BCUT2D eigenvalue weighted by Crippen LogP contribution is -2.58. The van der Waals surface area contributed by atoms with Gasteiger partial charge in [0.15, 0.2) is 0 Å². The molecule has 4 rings (SSSR count). The molecule has 0 radical (unpaired) electrons. The van der Waals surface area contributed by atoms with Crippen molar-refractivity contribution in [2.45, 2.75) is 93.9 Å². The van der Waals surface area contributed by atoms with Crippen LogP contribution in [0.4, 0.5) is 0 Å². The standard InChI is InChI=1S/C37H56N6O9/c1-21(2)24-16-27(45)42(30(24)48)13-10-39-33(51)36(7)18-35(6,32(50)38-9-12-41-26(44)15-23(5)29(41)47)19-37(8,20-36)34(52)40-11-14-43-28(46)17-25(22(3)4)31(43)49/h21-25H,9-20H2,1-8H3,(H,38,50)(H,39,51)(H,40,52)/t23?,24?,25?,35?,36-,37+. The zero-order valence-corrected chi connectivity index (χ0v) is 31.9. The molecule has 9 amide bonds. The Labute approximate surface area is 305 Å². The van der Waals surface area contributed by atoms with Crippen LogP contribution >= 0.6 is 0 Å². The molecule has 1 saturated carbocycles. The maximum absolute atomic E-state index is 14.0. The molecular formula is C37H56N6O9. The second-order valence-corrected chi connectivity index (χ2v) is 16.8. The third-order valence-corrected chi connectivity index (χ3v) is 11.5. The maximum Gasteiger partial charge on any atom is 0.233 e. The van der Waals surface area contributed by atoms with Crippen molar-refractivity contribution in [2.75, 3.05) is 39.3 Å². The summed E-state index contributed by atoms with van der Waals surface area (Å²) < 4.78 is 0. The molecule has 0 bridgehead atoms. The van der Waals surface area contributed by atoms with E-state index in [1.807, 2.05) is 27.7 Å². The van der Waals surface area contributed by atoms with Crippen molar-refractivity contribution in [3.05, 3.63) is 0 Å². The summed E-state index contributed by atoms with van der Waals surface area (Å²) in [5.74, 6) is -4.29. The molecule has 6 atom stereocenters. The van der Waals surface area contributed by atoms with E-state index in [1.165, 1.54) is 9.80 Å². The molecule has 15 heteroatoms. The van der Waals surface area contributed by atoms with Crippen LogP contribution in [0, 0.1) is 45.8 Å². The highest BCUT2D eigenvalue weighted by Crippen LogP contribution is 2.55. The van der Waals surface area contributed by atoms with E-state index in [4.69, 9.17) is 0 Å². The quantitative estimate of drug-likeness (QED) is 0.218. The van der Waals surface area contributed by atoms with Crippen LogP contribution in [0.1, 0.15) is 93.9 Å². The first-order valence-corrected chi connectivity index (χ1v) is 18.5. The van der Waals surface area contributed by atoms with Gasteiger partial charge < -0.3 is 16.0 Å². The van der Waals surface area contributed by atoms with Gasteiger partial charge in [0.1, 0.15) is 0 Å². The Morgan fingerprint density at radius 3 is 1.10 bits per heavy atom. The van der Waals surface area contributed by atoms with Crippen molar-refractivity contribution in [1.82, 2.24) is 30.7 Å². The van der Waals surface area contributed by atoms with Crippen LogP contribution in [0.5, 0.6) is 0 Å². The van der Waals surface area contributed by atoms with Gasteiger partial charge >= 0.3 is 0 Å². The minimum Gasteiger partial charge on any atom is -0.354 e. The van der Waals surface area contributed by atoms with Crippen molar-refractivity contribution in [1.29, 1.82) is 0 Å². The van der Waals surface area contributed by atoms with Crippen LogP contribution in [0.3, 0.4) is 0 Å². The van der Waals surface area contributed by atoms with Gasteiger partial charge in [-0.2, -0.15) is 0 Å². The van der Waals surface area contributed by atoms with Gasteiger partial charge in [0, 0.05) is 92.5 Å². The number of amides is 9. The second kappa shape index (κ2) is 15.4. The molecule has 4 aliphatic rings. The first kappa shape index (κ1) is 40.6. The highest BCUT2D eigenvalue weighted by Gasteiger charge is 2.57. The van der Waals surface area contributed by atoms with Crippen molar-refractivity contribution in [2.24, 2.45) is 45.8 Å². The Kier molecular flexibility index (Phi) is 12.1. The molecule has 3 N–H and O–H groups in total. The lowest BCUT2D eigenvalue weighted by atomic mass is 9.53. The summed E-state index contributed by atoms with van der Waals surface area (Å²) >= 11 is 0. The zero-order chi connectivity index (χ0) is 38.9. The van der Waals surface area contributed by atoms with E-state index in [0.717, 1.165) is 4.90 Å². The highest BCUT2D eigenvalue weighted by atomic mass is 16.2. The van der Waals surface area contributed by atoms with Gasteiger partial charge in [-0.05, 0) is 31.1 Å². The molecule has 52 heavy (non-hydrogen) atoms. The Bertz CT molecular complexity index is 1450. The SMILES string of the molecule is CC1CC(=O)N(CCNC(=O)C2(C)C[C@](C)(C(=O)NCCN3C(=O)CC(C(C)C)C3=O)C[C@](C)(C(=O)NCCN3C(=O)CC(C(C)C)C3=O)C2)C1=O. The maximum atomic E-state index is 14.0. The minimum absolute atomic E-state index is 0.00184. The molecule has 4 unspecified atom stereocenters. The van der Waals surface area contributed by atoms with E-state index in [1.54, 1.807) is 27.7 Å². The number of imide groups is 3. The average molecular weight is 729 g/mol. The van der Waals surface area contributed by atoms with E-state index >= 15 is 0 Å². The van der Waals surface area contributed by atoms with Gasteiger partial charge in [0.25, 0.3) is 0 Å². The van der Waals surface area contributed by atoms with Crippen LogP contribution in [0.15, 0.2) is 0 Å². The number of nitrogens with one attached hydrogen (secondary N) is 3. The van der Waals surface area contributed by atoms with Gasteiger partial charge in [0.05, 0.1) is 0 Å². The Balaban J connectivity index is 1.47. The van der Waals surface area contributed by atoms with Crippen LogP contribution in [-0.2, 0) is 43.2 Å². The molecule has 288 valence electrons. The summed E-state index contributed by atoms with van der Waals surface area (Å²) in [6.07, 6.45) is 0.541. The van der Waals surface area contributed by atoms with Crippen molar-refractivity contribution >= 4 is 53.2 Å². The highest BCUT2D eigenvalue weighted by molar-refractivity contribution is 6.05. The number of hydrogen-bond acceptors (Lipinski definition) is 9. The third-order valence-electron chi connectivity index (χ3n) is 11.5. The van der Waals surface area contributed by atoms with Gasteiger partial charge in [-0.1, -0.05) is 55.4 Å². The van der Waals surface area contributed by atoms with Crippen molar-refractivity contribution in [3.63, 3.8) is 0 Å². The van der Waals surface area contributed by atoms with Crippen LogP contribution < -0.4 is 16.0 Å². The van der Waals surface area contributed by atoms with E-state index in [2.05, 4.69) is 16.0 Å². The van der Waals surface area contributed by atoms with E-state index in [0.29, 0.717) is 0 Å². The van der Waals surface area contributed by atoms with Gasteiger partial charge in [-0.3, -0.25) is 57.9 Å². The number of nitrogens with zero attached hydrogens (tertiary/aromatic N) is 3. The van der Waals surface area contributed by atoms with E-state index in [-0.39, 0.29) is 125 Å². The molecule has 0 aromatic rings. The number of hydrogen-bond donors (Lipinski definition) is 3. The Morgan fingerprint density at radius 2 is 0.846 bits per heavy atom. The molecule has 1 aliphatic carbocycles. The number of carbonyl (C=O) groups is 9. The molecule has 0 spiro atoms. The summed E-state index contributed by atoms with van der Waals surface area (Å²) in [5.41, 5.74) is -3.76. The molecule has 0 aromatic carbocycles. The largest absolute Gasteiger partial charge is 0.354 e. The minimum atomic E-state index is -1.25. The summed E-state index contributed by atoms with van der Waals surface area (Å²) in [5, 5.41) is 8.51. The zero-order valence-electron chi connectivity index (χ0n) is 31.9. The number of likely N-dealkylation sites (tertiary alicyclic amines) is 3. The van der Waals surface area contributed by atoms with Gasteiger partial charge in [-0.15, -0.1) is 0 Å². The van der Waals surface area contributed by atoms with E-state index in [9.17, 15) is 43.2 Å². The summed E-state index contributed by atoms with van der Waals surface area (Å²) in [6.45, 7) is 14.2. The average Bonchev–Trinajstić information content (AvgIpc) is 3.60. The normalized spacial score (nSPS) is 31.0. The predicted octanol–water partition coefficient (Wildman–Crippen LogP) is 0.995. The first-order chi connectivity index (χ1) is 24.1.